The molecule has 1 aromatic carbocycles. The Hall–Kier alpha value is -1.67. The number of benzene rings is 1. The van der Waals surface area contributed by atoms with Gasteiger partial charge in [-0.3, -0.25) is 4.98 Å². The van der Waals surface area contributed by atoms with Crippen LogP contribution < -0.4 is 5.32 Å². The summed E-state index contributed by atoms with van der Waals surface area (Å²) in [6.45, 7) is 5.25. The van der Waals surface area contributed by atoms with E-state index in [9.17, 15) is 0 Å². The summed E-state index contributed by atoms with van der Waals surface area (Å²) in [6.07, 6.45) is 7.62. The predicted molar refractivity (Wildman–Crippen MR) is 82.7 cm³/mol. The number of hydrogen-bond donors (Lipinski definition) is 1. The van der Waals surface area contributed by atoms with Crippen molar-refractivity contribution in [2.45, 2.75) is 45.7 Å². The molecule has 1 N–H and O–H groups in total. The van der Waals surface area contributed by atoms with Gasteiger partial charge in [0.05, 0.1) is 0 Å². The molecule has 1 atom stereocenters. The van der Waals surface area contributed by atoms with Gasteiger partial charge in [0.2, 0.25) is 0 Å². The van der Waals surface area contributed by atoms with E-state index in [1.807, 2.05) is 12.4 Å². The first-order chi connectivity index (χ1) is 9.74. The fraction of sp³-hybridized carbons (Fsp3) is 0.389. The van der Waals surface area contributed by atoms with E-state index in [4.69, 9.17) is 0 Å². The van der Waals surface area contributed by atoms with Crippen molar-refractivity contribution in [3.05, 3.63) is 64.5 Å². The van der Waals surface area contributed by atoms with Crippen molar-refractivity contribution in [2.75, 3.05) is 0 Å². The third kappa shape index (κ3) is 2.75. The van der Waals surface area contributed by atoms with Crippen LogP contribution >= 0.6 is 0 Å². The lowest BCUT2D eigenvalue weighted by molar-refractivity contribution is 0.572. The van der Waals surface area contributed by atoms with E-state index in [1.165, 1.54) is 36.0 Å². The second-order valence-corrected chi connectivity index (χ2v) is 5.79. The van der Waals surface area contributed by atoms with E-state index in [2.05, 4.69) is 48.4 Å². The highest BCUT2D eigenvalue weighted by atomic mass is 14.9. The molecule has 2 aromatic rings. The molecule has 2 nitrogen and oxygen atoms in total. The molecule has 1 heterocycles. The molecule has 0 radical (unpaired) electrons. The highest BCUT2D eigenvalue weighted by Crippen LogP contribution is 2.25. The molecule has 1 aliphatic carbocycles. The smallest absolute Gasteiger partial charge is 0.0315 e. The molecule has 3 rings (SSSR count). The summed E-state index contributed by atoms with van der Waals surface area (Å²) >= 11 is 0. The standard InChI is InChI=1S/C18H22N2/c1-13-8-9-19-11-18(13)12-20-14(2)16-7-6-15-4-3-5-17(15)10-16/h6-11,14,20H,3-5,12H2,1-2H3. The summed E-state index contributed by atoms with van der Waals surface area (Å²) in [6, 6.07) is 9.41. The van der Waals surface area contributed by atoms with Crippen LogP contribution in [0.4, 0.5) is 0 Å². The van der Waals surface area contributed by atoms with Crippen LogP contribution in [0.3, 0.4) is 0 Å². The van der Waals surface area contributed by atoms with Crippen LogP contribution in [0.1, 0.15) is 47.2 Å². The Balaban J connectivity index is 1.67. The second-order valence-electron chi connectivity index (χ2n) is 5.79. The zero-order chi connectivity index (χ0) is 13.9. The average Bonchev–Trinajstić information content (AvgIpc) is 2.93. The minimum absolute atomic E-state index is 0.375. The maximum atomic E-state index is 4.20. The molecular formula is C18H22N2. The molecule has 0 bridgehead atoms. The van der Waals surface area contributed by atoms with Gasteiger partial charge in [0, 0.05) is 25.0 Å². The van der Waals surface area contributed by atoms with Gasteiger partial charge in [-0.1, -0.05) is 18.2 Å². The van der Waals surface area contributed by atoms with Crippen molar-refractivity contribution in [2.24, 2.45) is 0 Å². The lowest BCUT2D eigenvalue weighted by Crippen LogP contribution is -2.19. The lowest BCUT2D eigenvalue weighted by atomic mass is 10.0. The number of pyridine rings is 1. The van der Waals surface area contributed by atoms with Crippen LogP contribution in [-0.4, -0.2) is 4.98 Å². The number of hydrogen-bond acceptors (Lipinski definition) is 2. The van der Waals surface area contributed by atoms with Gasteiger partial charge < -0.3 is 5.32 Å². The molecular weight excluding hydrogens is 244 g/mol. The third-order valence-electron chi connectivity index (χ3n) is 4.37. The van der Waals surface area contributed by atoms with Crippen LogP contribution in [0.5, 0.6) is 0 Å². The summed E-state index contributed by atoms with van der Waals surface area (Å²) in [5.74, 6) is 0. The van der Waals surface area contributed by atoms with Crippen molar-refractivity contribution in [1.29, 1.82) is 0 Å². The van der Waals surface area contributed by atoms with Crippen molar-refractivity contribution in [1.82, 2.24) is 10.3 Å². The second kappa shape index (κ2) is 5.76. The van der Waals surface area contributed by atoms with Crippen LogP contribution in [0.2, 0.25) is 0 Å². The zero-order valence-electron chi connectivity index (χ0n) is 12.3. The number of nitrogens with one attached hydrogen (secondary N) is 1. The zero-order valence-corrected chi connectivity index (χ0v) is 12.3. The SMILES string of the molecule is Cc1ccncc1CNC(C)c1ccc2c(c1)CCC2. The monoisotopic (exact) mass is 266 g/mol. The van der Waals surface area contributed by atoms with Gasteiger partial charge in [-0.25, -0.2) is 0 Å². The predicted octanol–water partition coefficient (Wildman–Crippen LogP) is 3.73. The minimum Gasteiger partial charge on any atom is -0.306 e. The van der Waals surface area contributed by atoms with Crippen molar-refractivity contribution < 1.29 is 0 Å². The maximum absolute atomic E-state index is 4.20. The van der Waals surface area contributed by atoms with Crippen LogP contribution in [0, 0.1) is 6.92 Å². The van der Waals surface area contributed by atoms with E-state index >= 15 is 0 Å². The number of aryl methyl sites for hydroxylation is 3. The Morgan fingerprint density at radius 2 is 2.05 bits per heavy atom. The van der Waals surface area contributed by atoms with Gasteiger partial charge in [0.25, 0.3) is 0 Å². The molecule has 104 valence electrons. The molecule has 0 amide bonds. The molecule has 1 aromatic heterocycles. The Morgan fingerprint density at radius 1 is 1.20 bits per heavy atom. The van der Waals surface area contributed by atoms with Gasteiger partial charge in [0.15, 0.2) is 0 Å². The molecule has 2 heteroatoms. The Bertz CT molecular complexity index is 604. The van der Waals surface area contributed by atoms with Gasteiger partial charge in [-0.15, -0.1) is 0 Å². The summed E-state index contributed by atoms with van der Waals surface area (Å²) in [4.78, 5) is 4.20. The molecule has 0 fully saturated rings. The molecule has 20 heavy (non-hydrogen) atoms. The highest BCUT2D eigenvalue weighted by molar-refractivity contribution is 5.36. The number of aromatic nitrogens is 1. The van der Waals surface area contributed by atoms with E-state index < -0.39 is 0 Å². The number of rotatable bonds is 4. The van der Waals surface area contributed by atoms with E-state index in [0.717, 1.165) is 6.54 Å². The molecule has 1 unspecified atom stereocenters. The van der Waals surface area contributed by atoms with Crippen molar-refractivity contribution in [3.63, 3.8) is 0 Å². The Morgan fingerprint density at radius 3 is 2.90 bits per heavy atom. The molecule has 0 saturated carbocycles. The molecule has 0 aliphatic heterocycles. The van der Waals surface area contributed by atoms with E-state index in [-0.39, 0.29) is 0 Å². The first-order valence-corrected chi connectivity index (χ1v) is 7.48. The lowest BCUT2D eigenvalue weighted by Gasteiger charge is -2.16. The number of nitrogens with zero attached hydrogens (tertiary/aromatic N) is 1. The molecule has 0 spiro atoms. The van der Waals surface area contributed by atoms with Crippen LogP contribution in [0.25, 0.3) is 0 Å². The number of fused-ring (bicyclic) bond motifs is 1. The summed E-state index contributed by atoms with van der Waals surface area (Å²) in [5, 5.41) is 3.61. The third-order valence-corrected chi connectivity index (χ3v) is 4.37. The van der Waals surface area contributed by atoms with E-state index in [0.29, 0.717) is 6.04 Å². The average molecular weight is 266 g/mol. The Kier molecular flexibility index (Phi) is 3.83. The molecule has 0 saturated heterocycles. The summed E-state index contributed by atoms with van der Waals surface area (Å²) in [7, 11) is 0. The quantitative estimate of drug-likeness (QED) is 0.912. The maximum Gasteiger partial charge on any atom is 0.0315 e. The topological polar surface area (TPSA) is 24.9 Å². The first-order valence-electron chi connectivity index (χ1n) is 7.48. The van der Waals surface area contributed by atoms with Crippen molar-refractivity contribution >= 4 is 0 Å². The van der Waals surface area contributed by atoms with Gasteiger partial charge >= 0.3 is 0 Å². The van der Waals surface area contributed by atoms with Gasteiger partial charge in [-0.05, 0) is 67.0 Å². The Labute approximate surface area is 121 Å². The summed E-state index contributed by atoms with van der Waals surface area (Å²) < 4.78 is 0. The first kappa shape index (κ1) is 13.3. The largest absolute Gasteiger partial charge is 0.306 e. The van der Waals surface area contributed by atoms with Crippen LogP contribution in [0.15, 0.2) is 36.7 Å². The normalized spacial score (nSPS) is 15.1. The fourth-order valence-electron chi connectivity index (χ4n) is 2.92. The highest BCUT2D eigenvalue weighted by Gasteiger charge is 2.13. The van der Waals surface area contributed by atoms with Gasteiger partial charge in [-0.2, -0.15) is 0 Å². The van der Waals surface area contributed by atoms with Gasteiger partial charge in [0.1, 0.15) is 0 Å². The van der Waals surface area contributed by atoms with E-state index in [1.54, 1.807) is 11.1 Å². The molecule has 1 aliphatic rings. The van der Waals surface area contributed by atoms with Crippen molar-refractivity contribution in [3.8, 4) is 0 Å². The fourth-order valence-corrected chi connectivity index (χ4v) is 2.92. The minimum atomic E-state index is 0.375. The van der Waals surface area contributed by atoms with Crippen LogP contribution in [-0.2, 0) is 19.4 Å². The summed E-state index contributed by atoms with van der Waals surface area (Å²) in [5.41, 5.74) is 7.07.